The Morgan fingerprint density at radius 3 is 2.50 bits per heavy atom. The van der Waals surface area contributed by atoms with Crippen LogP contribution in [0.3, 0.4) is 0 Å². The van der Waals surface area contributed by atoms with Crippen molar-refractivity contribution in [2.45, 2.75) is 49.2 Å². The lowest BCUT2D eigenvalue weighted by molar-refractivity contribution is 0.0388. The Hall–Kier alpha value is -0.160. The summed E-state index contributed by atoms with van der Waals surface area (Å²) in [5.74, 6) is 0. The summed E-state index contributed by atoms with van der Waals surface area (Å²) in [5.41, 5.74) is 1.04. The Balaban J connectivity index is 1.43. The summed E-state index contributed by atoms with van der Waals surface area (Å²) in [6.45, 7) is 7.49. The number of rotatable bonds is 1. The molecule has 0 aromatic rings. The zero-order valence-electron chi connectivity index (χ0n) is 13.2. The zero-order chi connectivity index (χ0) is 13.8. The van der Waals surface area contributed by atoms with Crippen LogP contribution < -0.4 is 5.32 Å². The first-order chi connectivity index (χ1) is 9.64. The third kappa shape index (κ3) is 2.04. The van der Waals surface area contributed by atoms with Gasteiger partial charge in [-0.3, -0.25) is 14.7 Å². The lowest BCUT2D eigenvalue weighted by atomic mass is 9.93. The van der Waals surface area contributed by atoms with Crippen LogP contribution in [0.15, 0.2) is 0 Å². The van der Waals surface area contributed by atoms with Gasteiger partial charge in [0.05, 0.1) is 0 Å². The van der Waals surface area contributed by atoms with Crippen LogP contribution in [-0.2, 0) is 0 Å². The minimum absolute atomic E-state index is 0.461. The Kier molecular flexibility index (Phi) is 3.15. The van der Waals surface area contributed by atoms with Crippen LogP contribution in [0.5, 0.6) is 0 Å². The van der Waals surface area contributed by atoms with Crippen LogP contribution in [-0.4, -0.2) is 85.2 Å². The van der Waals surface area contributed by atoms with E-state index >= 15 is 0 Å². The molecule has 4 aliphatic rings. The third-order valence-electron chi connectivity index (χ3n) is 6.82. The molecular formula is C16H30N4. The normalized spacial score (nSPS) is 42.6. The average molecular weight is 278 g/mol. The van der Waals surface area contributed by atoms with Crippen molar-refractivity contribution < 1.29 is 0 Å². The molecule has 2 aliphatic carbocycles. The van der Waals surface area contributed by atoms with Gasteiger partial charge in [0, 0.05) is 56.4 Å². The van der Waals surface area contributed by atoms with Crippen molar-refractivity contribution in [2.75, 3.05) is 53.4 Å². The molecule has 0 radical (unpaired) electrons. The van der Waals surface area contributed by atoms with E-state index in [4.69, 9.17) is 0 Å². The Morgan fingerprint density at radius 1 is 0.950 bits per heavy atom. The van der Waals surface area contributed by atoms with Gasteiger partial charge >= 0.3 is 0 Å². The summed E-state index contributed by atoms with van der Waals surface area (Å²) in [6.07, 6.45) is 7.04. The van der Waals surface area contributed by atoms with Crippen molar-refractivity contribution >= 4 is 0 Å². The first-order valence-electron chi connectivity index (χ1n) is 8.51. The van der Waals surface area contributed by atoms with Gasteiger partial charge in [0.15, 0.2) is 0 Å². The lowest BCUT2D eigenvalue weighted by Gasteiger charge is -2.46. The van der Waals surface area contributed by atoms with Crippen LogP contribution in [0, 0.1) is 0 Å². The number of piperazine rings is 2. The van der Waals surface area contributed by atoms with E-state index in [-0.39, 0.29) is 0 Å². The van der Waals surface area contributed by atoms with E-state index < -0.39 is 0 Å². The van der Waals surface area contributed by atoms with Gasteiger partial charge in [0.25, 0.3) is 0 Å². The van der Waals surface area contributed by atoms with Crippen molar-refractivity contribution in [1.82, 2.24) is 20.0 Å². The zero-order valence-corrected chi connectivity index (χ0v) is 13.2. The highest BCUT2D eigenvalue weighted by Crippen LogP contribution is 2.46. The molecule has 2 heterocycles. The molecule has 2 saturated heterocycles. The van der Waals surface area contributed by atoms with Gasteiger partial charge in [-0.05, 0) is 46.2 Å². The molecule has 2 saturated carbocycles. The quantitative estimate of drug-likeness (QED) is 0.758. The molecule has 0 aromatic heterocycles. The Labute approximate surface area is 123 Å². The molecule has 0 aromatic carbocycles. The van der Waals surface area contributed by atoms with Crippen molar-refractivity contribution in [1.29, 1.82) is 0 Å². The van der Waals surface area contributed by atoms with Crippen molar-refractivity contribution in [2.24, 2.45) is 0 Å². The maximum absolute atomic E-state index is 3.64. The summed E-state index contributed by atoms with van der Waals surface area (Å²) in [4.78, 5) is 8.11. The second-order valence-corrected chi connectivity index (χ2v) is 7.84. The maximum Gasteiger partial charge on any atom is 0.0346 e. The molecule has 2 spiro atoms. The minimum Gasteiger partial charge on any atom is -0.314 e. The topological polar surface area (TPSA) is 21.8 Å². The van der Waals surface area contributed by atoms with Gasteiger partial charge in [0.1, 0.15) is 0 Å². The average Bonchev–Trinajstić information content (AvgIpc) is 3.09. The SMILES string of the molecule is CN1CCNCC12CCC(N1CCN(C)C3(CC3)C1)C2. The van der Waals surface area contributed by atoms with Crippen LogP contribution in [0.25, 0.3) is 0 Å². The minimum atomic E-state index is 0.461. The van der Waals surface area contributed by atoms with E-state index in [1.807, 2.05) is 0 Å². The van der Waals surface area contributed by atoms with Crippen LogP contribution >= 0.6 is 0 Å². The van der Waals surface area contributed by atoms with Crippen LogP contribution in [0.1, 0.15) is 32.1 Å². The fraction of sp³-hybridized carbons (Fsp3) is 1.00. The van der Waals surface area contributed by atoms with E-state index in [0.29, 0.717) is 11.1 Å². The van der Waals surface area contributed by atoms with E-state index in [9.17, 15) is 0 Å². The van der Waals surface area contributed by atoms with Crippen molar-refractivity contribution in [3.8, 4) is 0 Å². The summed E-state index contributed by atoms with van der Waals surface area (Å²) in [7, 11) is 4.68. The van der Waals surface area contributed by atoms with Gasteiger partial charge < -0.3 is 5.32 Å². The van der Waals surface area contributed by atoms with Gasteiger partial charge in [-0.2, -0.15) is 0 Å². The molecule has 4 rings (SSSR count). The number of nitrogens with zero attached hydrogens (tertiary/aromatic N) is 3. The molecule has 2 atom stereocenters. The maximum atomic E-state index is 3.64. The van der Waals surface area contributed by atoms with Gasteiger partial charge in [-0.1, -0.05) is 0 Å². The number of nitrogens with one attached hydrogen (secondary N) is 1. The van der Waals surface area contributed by atoms with E-state index in [1.54, 1.807) is 0 Å². The number of hydrogen-bond acceptors (Lipinski definition) is 4. The molecule has 1 N–H and O–H groups in total. The second kappa shape index (κ2) is 4.67. The highest BCUT2D eigenvalue weighted by molar-refractivity contribution is 5.10. The summed E-state index contributed by atoms with van der Waals surface area (Å²) < 4.78 is 0. The smallest absolute Gasteiger partial charge is 0.0346 e. The van der Waals surface area contributed by atoms with Gasteiger partial charge in [-0.25, -0.2) is 0 Å². The molecule has 0 amide bonds. The molecule has 4 fully saturated rings. The van der Waals surface area contributed by atoms with E-state index in [0.717, 1.165) is 6.04 Å². The molecule has 114 valence electrons. The molecule has 2 aliphatic heterocycles. The Morgan fingerprint density at radius 2 is 1.75 bits per heavy atom. The molecule has 20 heavy (non-hydrogen) atoms. The van der Waals surface area contributed by atoms with Gasteiger partial charge in [0.2, 0.25) is 0 Å². The fourth-order valence-electron chi connectivity index (χ4n) is 4.93. The predicted molar refractivity (Wildman–Crippen MR) is 82.0 cm³/mol. The van der Waals surface area contributed by atoms with Crippen LogP contribution in [0.4, 0.5) is 0 Å². The highest BCUT2D eigenvalue weighted by atomic mass is 15.3. The molecular weight excluding hydrogens is 248 g/mol. The first kappa shape index (κ1) is 13.5. The van der Waals surface area contributed by atoms with Crippen molar-refractivity contribution in [3.63, 3.8) is 0 Å². The number of hydrogen-bond donors (Lipinski definition) is 1. The largest absolute Gasteiger partial charge is 0.314 e. The summed E-state index contributed by atoms with van der Waals surface area (Å²) >= 11 is 0. The van der Waals surface area contributed by atoms with Crippen molar-refractivity contribution in [3.05, 3.63) is 0 Å². The first-order valence-corrected chi connectivity index (χ1v) is 8.51. The molecule has 0 bridgehead atoms. The number of likely N-dealkylation sites (N-methyl/N-ethyl adjacent to an activating group) is 2. The predicted octanol–water partition coefficient (Wildman–Crippen LogP) is 0.593. The molecule has 2 unspecified atom stereocenters. The molecule has 4 heteroatoms. The van der Waals surface area contributed by atoms with Crippen LogP contribution in [0.2, 0.25) is 0 Å². The molecule has 4 nitrogen and oxygen atoms in total. The van der Waals surface area contributed by atoms with Gasteiger partial charge in [-0.15, -0.1) is 0 Å². The Bertz CT molecular complexity index is 381. The third-order valence-corrected chi connectivity index (χ3v) is 6.82. The van der Waals surface area contributed by atoms with E-state index in [2.05, 4.69) is 34.1 Å². The highest BCUT2D eigenvalue weighted by Gasteiger charge is 2.52. The van der Waals surface area contributed by atoms with E-state index in [1.165, 1.54) is 71.4 Å². The fourth-order valence-corrected chi connectivity index (χ4v) is 4.93. The summed E-state index contributed by atoms with van der Waals surface area (Å²) in [5, 5.41) is 3.64. The summed E-state index contributed by atoms with van der Waals surface area (Å²) in [6, 6.07) is 0.837. The monoisotopic (exact) mass is 278 g/mol. The second-order valence-electron chi connectivity index (χ2n) is 7.84. The lowest BCUT2D eigenvalue weighted by Crippen LogP contribution is -2.60. The standard InChI is InChI=1S/C16H30N4/c1-18-8-7-17-12-16(18)4-3-14(11-16)20-10-9-19(2)15(13-20)5-6-15/h14,17H,3-13H2,1-2H3.